The molecule has 0 spiro atoms. The Bertz CT molecular complexity index is 766. The summed E-state index contributed by atoms with van der Waals surface area (Å²) in [6.45, 7) is 16.2. The van der Waals surface area contributed by atoms with E-state index in [4.69, 9.17) is 10.5 Å². The standard InChI is InChI=1S/C29H49N5O/c1-4-9-25(10-5-2)16-20-34-19-8-11-26(23-34)29(30)32-24(3)31-27-12-14-28(15-13-27)35-22-21-33-17-6-7-18-33/h12-15,25-26,31H,3-11,16-23H2,1-2H3,(H2,30,32). The molecule has 35 heavy (non-hydrogen) atoms. The van der Waals surface area contributed by atoms with Gasteiger partial charge in [0.25, 0.3) is 0 Å². The van der Waals surface area contributed by atoms with E-state index in [9.17, 15) is 0 Å². The van der Waals surface area contributed by atoms with E-state index < -0.39 is 0 Å². The van der Waals surface area contributed by atoms with Crippen molar-refractivity contribution >= 4 is 11.5 Å². The lowest BCUT2D eigenvalue weighted by Gasteiger charge is -2.33. The Balaban J connectivity index is 1.41. The van der Waals surface area contributed by atoms with E-state index in [-0.39, 0.29) is 0 Å². The van der Waals surface area contributed by atoms with Gasteiger partial charge in [0, 0.05) is 24.7 Å². The van der Waals surface area contributed by atoms with Crippen molar-refractivity contribution in [3.05, 3.63) is 36.7 Å². The van der Waals surface area contributed by atoms with Gasteiger partial charge in [0.15, 0.2) is 0 Å². The summed E-state index contributed by atoms with van der Waals surface area (Å²) in [5.41, 5.74) is 7.39. The lowest BCUT2D eigenvalue weighted by atomic mass is 9.93. The predicted octanol–water partition coefficient (Wildman–Crippen LogP) is 5.72. The highest BCUT2D eigenvalue weighted by Gasteiger charge is 2.23. The van der Waals surface area contributed by atoms with Gasteiger partial charge in [-0.25, -0.2) is 4.99 Å². The van der Waals surface area contributed by atoms with Crippen molar-refractivity contribution in [3.63, 3.8) is 0 Å². The van der Waals surface area contributed by atoms with Crippen molar-refractivity contribution in [2.24, 2.45) is 22.6 Å². The van der Waals surface area contributed by atoms with E-state index in [2.05, 4.69) is 40.5 Å². The van der Waals surface area contributed by atoms with Crippen molar-refractivity contribution in [1.82, 2.24) is 9.80 Å². The SMILES string of the molecule is C=C(/N=C(\N)C1CCCN(CCC(CCC)CCC)C1)Nc1ccc(OCCN2CCCC2)cc1. The number of hydrogen-bond donors (Lipinski definition) is 2. The highest BCUT2D eigenvalue weighted by Crippen LogP contribution is 2.22. The Morgan fingerprint density at radius 1 is 1.03 bits per heavy atom. The maximum absolute atomic E-state index is 6.45. The first-order valence-corrected chi connectivity index (χ1v) is 14.0. The average molecular weight is 484 g/mol. The van der Waals surface area contributed by atoms with Gasteiger partial charge in [0.1, 0.15) is 24.0 Å². The molecule has 3 N–H and O–H groups in total. The first-order chi connectivity index (χ1) is 17.1. The summed E-state index contributed by atoms with van der Waals surface area (Å²) in [6.07, 6.45) is 11.5. The van der Waals surface area contributed by atoms with Crippen LogP contribution in [0.3, 0.4) is 0 Å². The molecule has 2 fully saturated rings. The molecule has 0 aromatic heterocycles. The molecule has 0 radical (unpaired) electrons. The quantitative estimate of drug-likeness (QED) is 0.247. The summed E-state index contributed by atoms with van der Waals surface area (Å²) in [5, 5.41) is 3.28. The van der Waals surface area contributed by atoms with Crippen molar-refractivity contribution in [2.75, 3.05) is 51.2 Å². The number of benzene rings is 1. The number of anilines is 1. The molecule has 6 nitrogen and oxygen atoms in total. The van der Waals surface area contributed by atoms with E-state index in [1.165, 1.54) is 77.5 Å². The number of nitrogens with two attached hydrogens (primary N) is 1. The van der Waals surface area contributed by atoms with Gasteiger partial charge in [0.05, 0.1) is 0 Å². The number of amidine groups is 1. The number of nitrogens with one attached hydrogen (secondary N) is 1. The third kappa shape index (κ3) is 9.85. The van der Waals surface area contributed by atoms with Crippen LogP contribution < -0.4 is 15.8 Å². The Morgan fingerprint density at radius 3 is 2.40 bits per heavy atom. The summed E-state index contributed by atoms with van der Waals surface area (Å²) >= 11 is 0. The smallest absolute Gasteiger partial charge is 0.125 e. The fourth-order valence-electron chi connectivity index (χ4n) is 5.49. The molecule has 1 aromatic carbocycles. The average Bonchev–Trinajstić information content (AvgIpc) is 3.38. The number of ether oxygens (including phenoxy) is 1. The van der Waals surface area contributed by atoms with Crippen molar-refractivity contribution in [2.45, 2.75) is 71.6 Å². The number of likely N-dealkylation sites (tertiary alicyclic amines) is 2. The fraction of sp³-hybridized carbons (Fsp3) is 0.690. The molecule has 2 aliphatic heterocycles. The van der Waals surface area contributed by atoms with Crippen molar-refractivity contribution < 1.29 is 4.74 Å². The summed E-state index contributed by atoms with van der Waals surface area (Å²) < 4.78 is 5.90. The van der Waals surface area contributed by atoms with Crippen LogP contribution in [0.4, 0.5) is 5.69 Å². The van der Waals surface area contributed by atoms with Gasteiger partial charge in [-0.05, 0) is 88.5 Å². The maximum atomic E-state index is 6.45. The normalized spacial score (nSPS) is 19.9. The molecule has 2 heterocycles. The van der Waals surface area contributed by atoms with Gasteiger partial charge in [-0.3, -0.25) is 4.90 Å². The Morgan fingerprint density at radius 2 is 1.71 bits per heavy atom. The van der Waals surface area contributed by atoms with Gasteiger partial charge in [-0.1, -0.05) is 46.1 Å². The largest absolute Gasteiger partial charge is 0.492 e. The van der Waals surface area contributed by atoms with Gasteiger partial charge in [-0.2, -0.15) is 0 Å². The third-order valence-corrected chi connectivity index (χ3v) is 7.45. The van der Waals surface area contributed by atoms with Gasteiger partial charge in [-0.15, -0.1) is 0 Å². The number of hydrogen-bond acceptors (Lipinski definition) is 5. The summed E-state index contributed by atoms with van der Waals surface area (Å²) in [7, 11) is 0. The molecule has 3 rings (SSSR count). The summed E-state index contributed by atoms with van der Waals surface area (Å²) in [5.74, 6) is 3.36. The first kappa shape index (κ1) is 27.5. The van der Waals surface area contributed by atoms with Crippen LogP contribution in [-0.2, 0) is 0 Å². The van der Waals surface area contributed by atoms with Gasteiger partial charge >= 0.3 is 0 Å². The van der Waals surface area contributed by atoms with Crippen LogP contribution in [0, 0.1) is 11.8 Å². The number of rotatable bonds is 15. The molecule has 196 valence electrons. The monoisotopic (exact) mass is 483 g/mol. The van der Waals surface area contributed by atoms with Crippen LogP contribution in [0.15, 0.2) is 41.7 Å². The molecule has 0 amide bonds. The van der Waals surface area contributed by atoms with Crippen LogP contribution in [-0.4, -0.2) is 61.5 Å². The van der Waals surface area contributed by atoms with Crippen LogP contribution in [0.2, 0.25) is 0 Å². The highest BCUT2D eigenvalue weighted by atomic mass is 16.5. The topological polar surface area (TPSA) is 66.1 Å². The number of nitrogens with zero attached hydrogens (tertiary/aromatic N) is 3. The van der Waals surface area contributed by atoms with E-state index in [1.54, 1.807) is 0 Å². The van der Waals surface area contributed by atoms with Crippen LogP contribution >= 0.6 is 0 Å². The Kier molecular flexibility index (Phi) is 11.9. The van der Waals surface area contributed by atoms with Crippen molar-refractivity contribution in [3.8, 4) is 5.75 Å². The predicted molar refractivity (Wildman–Crippen MR) is 149 cm³/mol. The van der Waals surface area contributed by atoms with Gasteiger partial charge in [0.2, 0.25) is 0 Å². The fourth-order valence-corrected chi connectivity index (χ4v) is 5.49. The molecular formula is C29H49N5O. The molecule has 1 aromatic rings. The maximum Gasteiger partial charge on any atom is 0.125 e. The molecule has 0 saturated carbocycles. The second-order valence-corrected chi connectivity index (χ2v) is 10.4. The van der Waals surface area contributed by atoms with E-state index >= 15 is 0 Å². The molecule has 1 atom stereocenters. The molecule has 1 unspecified atom stereocenters. The molecule has 0 aliphatic carbocycles. The minimum atomic E-state index is 0.310. The summed E-state index contributed by atoms with van der Waals surface area (Å²) in [6, 6.07) is 8.01. The minimum absolute atomic E-state index is 0.310. The van der Waals surface area contributed by atoms with Crippen LogP contribution in [0.25, 0.3) is 0 Å². The lowest BCUT2D eigenvalue weighted by Crippen LogP contribution is -2.42. The third-order valence-electron chi connectivity index (χ3n) is 7.45. The second kappa shape index (κ2) is 15.1. The molecule has 2 aliphatic rings. The lowest BCUT2D eigenvalue weighted by molar-refractivity contribution is 0.187. The highest BCUT2D eigenvalue weighted by molar-refractivity contribution is 5.84. The van der Waals surface area contributed by atoms with Crippen LogP contribution in [0.1, 0.15) is 71.6 Å². The minimum Gasteiger partial charge on any atom is -0.492 e. The van der Waals surface area contributed by atoms with E-state index in [0.717, 1.165) is 43.5 Å². The first-order valence-electron chi connectivity index (χ1n) is 14.0. The molecule has 6 heteroatoms. The molecule has 2 saturated heterocycles. The van der Waals surface area contributed by atoms with Crippen LogP contribution in [0.5, 0.6) is 5.75 Å². The summed E-state index contributed by atoms with van der Waals surface area (Å²) in [4.78, 5) is 9.68. The zero-order chi connectivity index (χ0) is 24.9. The Hall–Kier alpha value is -2.05. The zero-order valence-electron chi connectivity index (χ0n) is 22.3. The number of aliphatic imine (C=N–C) groups is 1. The molecular weight excluding hydrogens is 434 g/mol. The van der Waals surface area contributed by atoms with E-state index in [0.29, 0.717) is 17.6 Å². The van der Waals surface area contributed by atoms with Crippen molar-refractivity contribution in [1.29, 1.82) is 0 Å². The van der Waals surface area contributed by atoms with E-state index in [1.807, 2.05) is 24.3 Å². The Labute approximate surface area is 214 Å². The molecule has 0 bridgehead atoms. The van der Waals surface area contributed by atoms with Gasteiger partial charge < -0.3 is 20.7 Å². The second-order valence-electron chi connectivity index (χ2n) is 10.4. The number of piperidine rings is 1. The zero-order valence-corrected chi connectivity index (χ0v) is 22.3.